The second-order valence-electron chi connectivity index (χ2n) is 5.39. The minimum Gasteiger partial charge on any atom is -0.388 e. The Kier molecular flexibility index (Phi) is 3.85. The Morgan fingerprint density at radius 3 is 2.68 bits per heavy atom. The molecule has 100 valence electrons. The Morgan fingerprint density at radius 2 is 1.89 bits per heavy atom. The zero-order valence-corrected chi connectivity index (χ0v) is 12.4. The monoisotopic (exact) mass is 319 g/mol. The first kappa shape index (κ1) is 13.1. The fourth-order valence-electron chi connectivity index (χ4n) is 3.12. The Balaban J connectivity index is 2.03. The third kappa shape index (κ3) is 2.67. The van der Waals surface area contributed by atoms with Gasteiger partial charge in [0.2, 0.25) is 0 Å². The van der Waals surface area contributed by atoms with Gasteiger partial charge in [-0.3, -0.25) is 0 Å². The van der Waals surface area contributed by atoms with Gasteiger partial charge in [0.05, 0.1) is 11.6 Å². The van der Waals surface area contributed by atoms with Crippen LogP contribution in [0.15, 0.2) is 34.9 Å². The van der Waals surface area contributed by atoms with E-state index >= 15 is 0 Å². The van der Waals surface area contributed by atoms with Crippen molar-refractivity contribution < 1.29 is 5.11 Å². The van der Waals surface area contributed by atoms with Crippen LogP contribution in [0.5, 0.6) is 0 Å². The van der Waals surface area contributed by atoms with Gasteiger partial charge in [-0.2, -0.15) is 0 Å². The molecule has 1 heterocycles. The van der Waals surface area contributed by atoms with Gasteiger partial charge < -0.3 is 5.11 Å². The number of aliphatic hydroxyl groups excluding tert-OH is 1. The molecule has 1 fully saturated rings. The van der Waals surface area contributed by atoms with Crippen LogP contribution in [0.25, 0.3) is 10.9 Å². The van der Waals surface area contributed by atoms with Gasteiger partial charge in [-0.05, 0) is 52.4 Å². The summed E-state index contributed by atoms with van der Waals surface area (Å²) in [6.45, 7) is 0. The number of aliphatic hydroxyl groups is 1. The molecule has 0 aliphatic heterocycles. The Morgan fingerprint density at radius 1 is 1.16 bits per heavy atom. The van der Waals surface area contributed by atoms with Gasteiger partial charge in [-0.15, -0.1) is 0 Å². The summed E-state index contributed by atoms with van der Waals surface area (Å²) in [5, 5.41) is 11.8. The van der Waals surface area contributed by atoms with Crippen LogP contribution in [-0.2, 0) is 0 Å². The highest BCUT2D eigenvalue weighted by Gasteiger charge is 2.24. The molecule has 1 aliphatic rings. The van der Waals surface area contributed by atoms with Crippen LogP contribution < -0.4 is 0 Å². The smallest absolute Gasteiger partial charge is 0.107 e. The summed E-state index contributed by atoms with van der Waals surface area (Å²) in [6.07, 6.45) is 5.69. The maximum absolute atomic E-state index is 10.7. The number of hydrogen-bond acceptors (Lipinski definition) is 2. The van der Waals surface area contributed by atoms with Crippen LogP contribution in [0.3, 0.4) is 0 Å². The number of halogens is 1. The normalized spacial score (nSPS) is 18.6. The van der Waals surface area contributed by atoms with Crippen LogP contribution in [0.2, 0.25) is 0 Å². The summed E-state index contributed by atoms with van der Waals surface area (Å²) in [7, 11) is 0. The third-order valence-corrected chi connectivity index (χ3v) is 4.54. The Hall–Kier alpha value is -0.930. The molecule has 0 radical (unpaired) electrons. The molecule has 2 nitrogen and oxygen atoms in total. The van der Waals surface area contributed by atoms with E-state index in [0.29, 0.717) is 5.92 Å². The lowest BCUT2D eigenvalue weighted by Gasteiger charge is -2.27. The molecule has 1 aliphatic carbocycles. The fourth-order valence-corrected chi connectivity index (χ4v) is 3.55. The van der Waals surface area contributed by atoms with Crippen LogP contribution >= 0.6 is 15.9 Å². The summed E-state index contributed by atoms with van der Waals surface area (Å²) in [6, 6.07) is 10.0. The lowest BCUT2D eigenvalue weighted by atomic mass is 9.82. The number of para-hydroxylation sites is 1. The predicted molar refractivity (Wildman–Crippen MR) is 81.0 cm³/mol. The van der Waals surface area contributed by atoms with Gasteiger partial charge in [0, 0.05) is 5.39 Å². The fraction of sp³-hybridized carbons (Fsp3) is 0.438. The molecular formula is C16H18BrNO. The lowest BCUT2D eigenvalue weighted by molar-refractivity contribution is 0.0860. The van der Waals surface area contributed by atoms with Crippen LogP contribution in [0.4, 0.5) is 0 Å². The Labute approximate surface area is 122 Å². The van der Waals surface area contributed by atoms with E-state index in [-0.39, 0.29) is 6.10 Å². The van der Waals surface area contributed by atoms with E-state index in [1.54, 1.807) is 0 Å². The van der Waals surface area contributed by atoms with Crippen molar-refractivity contribution in [3.8, 4) is 0 Å². The maximum Gasteiger partial charge on any atom is 0.107 e. The maximum atomic E-state index is 10.7. The van der Waals surface area contributed by atoms with Crippen molar-refractivity contribution in [3.05, 3.63) is 40.5 Å². The van der Waals surface area contributed by atoms with E-state index in [1.807, 2.05) is 24.3 Å². The van der Waals surface area contributed by atoms with Crippen LogP contribution in [0, 0.1) is 5.92 Å². The zero-order valence-electron chi connectivity index (χ0n) is 10.8. The minimum absolute atomic E-state index is 0.371. The number of aromatic nitrogens is 1. The minimum atomic E-state index is -0.371. The molecule has 3 rings (SSSR count). The number of pyridine rings is 1. The topological polar surface area (TPSA) is 33.1 Å². The van der Waals surface area contributed by atoms with Crippen LogP contribution in [-0.4, -0.2) is 10.1 Å². The quantitative estimate of drug-likeness (QED) is 0.820. The molecule has 0 saturated heterocycles. The lowest BCUT2D eigenvalue weighted by Crippen LogP contribution is -2.16. The molecule has 1 N–H and O–H groups in total. The molecule has 0 amide bonds. The molecule has 3 heteroatoms. The van der Waals surface area contributed by atoms with Crippen molar-refractivity contribution in [2.75, 3.05) is 0 Å². The van der Waals surface area contributed by atoms with Crippen molar-refractivity contribution in [2.45, 2.75) is 38.2 Å². The molecule has 1 saturated carbocycles. The number of hydrogen-bond donors (Lipinski definition) is 1. The average Bonchev–Trinajstić information content (AvgIpc) is 2.46. The van der Waals surface area contributed by atoms with Gasteiger partial charge in [0.1, 0.15) is 4.60 Å². The van der Waals surface area contributed by atoms with Gasteiger partial charge >= 0.3 is 0 Å². The first-order chi connectivity index (χ1) is 9.25. The average molecular weight is 320 g/mol. The second kappa shape index (κ2) is 5.59. The summed E-state index contributed by atoms with van der Waals surface area (Å²) >= 11 is 3.45. The zero-order chi connectivity index (χ0) is 13.2. The SMILES string of the molecule is OC(c1cc(Br)nc2ccccc12)C1CCCCC1. The highest BCUT2D eigenvalue weighted by atomic mass is 79.9. The molecule has 19 heavy (non-hydrogen) atoms. The van der Waals surface area contributed by atoms with Crippen LogP contribution in [0.1, 0.15) is 43.8 Å². The number of fused-ring (bicyclic) bond motifs is 1. The molecule has 2 aromatic rings. The predicted octanol–water partition coefficient (Wildman–Crippen LogP) is 4.61. The first-order valence-corrected chi connectivity index (χ1v) is 7.78. The van der Waals surface area contributed by atoms with E-state index in [9.17, 15) is 5.11 Å². The molecule has 1 aromatic heterocycles. The van der Waals surface area contributed by atoms with Gasteiger partial charge in [-0.25, -0.2) is 4.98 Å². The molecule has 1 unspecified atom stereocenters. The second-order valence-corrected chi connectivity index (χ2v) is 6.21. The largest absolute Gasteiger partial charge is 0.388 e. The number of benzene rings is 1. The third-order valence-electron chi connectivity index (χ3n) is 4.13. The molecule has 1 aromatic carbocycles. The molecular weight excluding hydrogens is 302 g/mol. The Bertz CT molecular complexity index is 578. The van der Waals surface area contributed by atoms with Gasteiger partial charge in [-0.1, -0.05) is 37.5 Å². The van der Waals surface area contributed by atoms with Crippen molar-refractivity contribution >= 4 is 26.8 Å². The van der Waals surface area contributed by atoms with Gasteiger partial charge in [0.25, 0.3) is 0 Å². The summed E-state index contributed by atoms with van der Waals surface area (Å²) < 4.78 is 0.802. The van der Waals surface area contributed by atoms with Crippen molar-refractivity contribution in [1.82, 2.24) is 4.98 Å². The highest BCUT2D eigenvalue weighted by molar-refractivity contribution is 9.10. The summed E-state index contributed by atoms with van der Waals surface area (Å²) in [5.41, 5.74) is 1.96. The van der Waals surface area contributed by atoms with Crippen molar-refractivity contribution in [3.63, 3.8) is 0 Å². The summed E-state index contributed by atoms with van der Waals surface area (Å²) in [5.74, 6) is 0.395. The standard InChI is InChI=1S/C16H18BrNO/c17-15-10-13(12-8-4-5-9-14(12)18-15)16(19)11-6-2-1-3-7-11/h4-5,8-11,16,19H,1-3,6-7H2. The summed E-state index contributed by atoms with van der Waals surface area (Å²) in [4.78, 5) is 4.47. The molecule has 0 bridgehead atoms. The number of nitrogens with zero attached hydrogens (tertiary/aromatic N) is 1. The van der Waals surface area contributed by atoms with E-state index in [1.165, 1.54) is 19.3 Å². The van der Waals surface area contributed by atoms with E-state index in [2.05, 4.69) is 27.0 Å². The van der Waals surface area contributed by atoms with E-state index in [0.717, 1.165) is 33.9 Å². The molecule has 1 atom stereocenters. The molecule has 0 spiro atoms. The van der Waals surface area contributed by atoms with E-state index < -0.39 is 0 Å². The number of rotatable bonds is 2. The van der Waals surface area contributed by atoms with Crippen molar-refractivity contribution in [2.24, 2.45) is 5.92 Å². The van der Waals surface area contributed by atoms with E-state index in [4.69, 9.17) is 0 Å². The highest BCUT2D eigenvalue weighted by Crippen LogP contribution is 2.37. The van der Waals surface area contributed by atoms with Crippen molar-refractivity contribution in [1.29, 1.82) is 0 Å². The van der Waals surface area contributed by atoms with Gasteiger partial charge in [0.15, 0.2) is 0 Å². The first-order valence-electron chi connectivity index (χ1n) is 6.99.